The highest BCUT2D eigenvalue weighted by molar-refractivity contribution is 5.87. The van der Waals surface area contributed by atoms with Crippen LogP contribution >= 0.6 is 0 Å². The molecule has 0 spiro atoms. The molecule has 0 saturated carbocycles. The Morgan fingerprint density at radius 1 is 1.56 bits per heavy atom. The second kappa shape index (κ2) is 5.59. The third-order valence-corrected chi connectivity index (χ3v) is 2.73. The Hall–Kier alpha value is -1.95. The van der Waals surface area contributed by atoms with Crippen molar-refractivity contribution in [1.29, 1.82) is 0 Å². The zero-order valence-electron chi connectivity index (χ0n) is 9.76. The number of rotatable bonds is 4. The predicted octanol–water partition coefficient (Wildman–Crippen LogP) is 0.575. The van der Waals surface area contributed by atoms with E-state index in [9.17, 15) is 9.59 Å². The maximum atomic E-state index is 11.7. The monoisotopic (exact) mass is 250 g/mol. The molecule has 6 heteroatoms. The summed E-state index contributed by atoms with van der Waals surface area (Å²) >= 11 is 0. The summed E-state index contributed by atoms with van der Waals surface area (Å²) in [5.41, 5.74) is 0.674. The second-order valence-electron chi connectivity index (χ2n) is 4.06. The average molecular weight is 250 g/mol. The summed E-state index contributed by atoms with van der Waals surface area (Å²) in [5, 5.41) is 11.5. The van der Waals surface area contributed by atoms with E-state index in [4.69, 9.17) is 9.84 Å². The maximum absolute atomic E-state index is 11.7. The lowest BCUT2D eigenvalue weighted by Gasteiger charge is -2.10. The molecule has 96 valence electrons. The van der Waals surface area contributed by atoms with Gasteiger partial charge in [-0.3, -0.25) is 9.78 Å². The lowest BCUT2D eigenvalue weighted by atomic mass is 10.2. The minimum atomic E-state index is -1.01. The topological polar surface area (TPSA) is 88.5 Å². The molecule has 1 aromatic rings. The smallest absolute Gasteiger partial charge is 0.335 e. The molecule has 1 saturated heterocycles. The highest BCUT2D eigenvalue weighted by Crippen LogP contribution is 2.12. The number of amides is 1. The number of hydrogen-bond acceptors (Lipinski definition) is 4. The molecule has 0 aliphatic carbocycles. The van der Waals surface area contributed by atoms with Crippen LogP contribution in [0.5, 0.6) is 0 Å². The molecule has 6 nitrogen and oxygen atoms in total. The molecule has 2 heterocycles. The fourth-order valence-electron chi connectivity index (χ4n) is 1.78. The van der Waals surface area contributed by atoms with Crippen molar-refractivity contribution in [2.45, 2.75) is 25.5 Å². The molecule has 1 aromatic heterocycles. The highest BCUT2D eigenvalue weighted by Gasteiger charge is 2.23. The first-order valence-corrected chi connectivity index (χ1v) is 5.74. The van der Waals surface area contributed by atoms with E-state index < -0.39 is 5.97 Å². The first-order valence-electron chi connectivity index (χ1n) is 5.74. The van der Waals surface area contributed by atoms with E-state index in [1.54, 1.807) is 0 Å². The van der Waals surface area contributed by atoms with E-state index in [0.717, 1.165) is 12.8 Å². The third kappa shape index (κ3) is 3.04. The Morgan fingerprint density at radius 2 is 2.39 bits per heavy atom. The van der Waals surface area contributed by atoms with Crippen molar-refractivity contribution in [3.63, 3.8) is 0 Å². The minimum absolute atomic E-state index is 0.159. The van der Waals surface area contributed by atoms with Crippen LogP contribution in [0.1, 0.15) is 28.9 Å². The number of carbonyl (C=O) groups is 2. The normalized spacial score (nSPS) is 18.6. The first-order chi connectivity index (χ1) is 8.66. The number of aromatic nitrogens is 1. The number of nitrogens with zero attached hydrogens (tertiary/aromatic N) is 1. The number of aromatic carboxylic acids is 1. The van der Waals surface area contributed by atoms with Crippen LogP contribution in [0, 0.1) is 0 Å². The van der Waals surface area contributed by atoms with Gasteiger partial charge in [0, 0.05) is 12.8 Å². The highest BCUT2D eigenvalue weighted by atomic mass is 16.5. The van der Waals surface area contributed by atoms with Gasteiger partial charge < -0.3 is 15.2 Å². The second-order valence-corrected chi connectivity index (χ2v) is 4.06. The van der Waals surface area contributed by atoms with Gasteiger partial charge in [0.1, 0.15) is 6.10 Å². The molecular formula is C12H14N2O4. The van der Waals surface area contributed by atoms with E-state index in [0.29, 0.717) is 12.3 Å². The van der Waals surface area contributed by atoms with Crippen molar-refractivity contribution in [2.75, 3.05) is 6.61 Å². The van der Waals surface area contributed by atoms with Crippen molar-refractivity contribution in [3.05, 3.63) is 29.6 Å². The van der Waals surface area contributed by atoms with Crippen molar-refractivity contribution in [1.82, 2.24) is 10.3 Å². The van der Waals surface area contributed by atoms with E-state index in [1.807, 2.05) is 0 Å². The fraction of sp³-hybridized carbons (Fsp3) is 0.417. The Kier molecular flexibility index (Phi) is 3.88. The number of carboxylic acid groups (broad SMARTS) is 1. The molecule has 2 N–H and O–H groups in total. The van der Waals surface area contributed by atoms with E-state index in [1.165, 1.54) is 18.3 Å². The van der Waals surface area contributed by atoms with Gasteiger partial charge in [-0.2, -0.15) is 0 Å². The van der Waals surface area contributed by atoms with E-state index in [-0.39, 0.29) is 24.1 Å². The minimum Gasteiger partial charge on any atom is -0.478 e. The maximum Gasteiger partial charge on any atom is 0.335 e. The van der Waals surface area contributed by atoms with Crippen LogP contribution in [0.25, 0.3) is 0 Å². The number of nitrogens with one attached hydrogen (secondary N) is 1. The molecule has 0 aromatic carbocycles. The van der Waals surface area contributed by atoms with Gasteiger partial charge in [-0.25, -0.2) is 4.79 Å². The zero-order valence-corrected chi connectivity index (χ0v) is 9.76. The molecule has 0 radical (unpaired) electrons. The van der Waals surface area contributed by atoms with E-state index >= 15 is 0 Å². The van der Waals surface area contributed by atoms with E-state index in [2.05, 4.69) is 10.3 Å². The molecule has 1 atom stereocenters. The van der Waals surface area contributed by atoms with Gasteiger partial charge in [0.15, 0.2) is 0 Å². The summed E-state index contributed by atoms with van der Waals surface area (Å²) in [6.07, 6.45) is 2.66. The summed E-state index contributed by atoms with van der Waals surface area (Å²) in [6.45, 7) is 0.824. The van der Waals surface area contributed by atoms with Crippen molar-refractivity contribution >= 4 is 11.9 Å². The Bertz CT molecular complexity index is 455. The van der Waals surface area contributed by atoms with Gasteiger partial charge in [-0.15, -0.1) is 0 Å². The summed E-state index contributed by atoms with van der Waals surface area (Å²) in [5.74, 6) is -1.18. The van der Waals surface area contributed by atoms with Crippen LogP contribution in [-0.4, -0.2) is 34.7 Å². The standard InChI is InChI=1S/C12H14N2O4/c15-11(10-2-1-5-18-10)14-7-9-6-8(12(16)17)3-4-13-9/h3-4,6,10H,1-2,5,7H2,(H,14,15)(H,16,17). The molecule has 1 aliphatic rings. The van der Waals surface area contributed by atoms with Gasteiger partial charge in [0.25, 0.3) is 0 Å². The Labute approximate surface area is 104 Å². The number of carboxylic acids is 1. The van der Waals surface area contributed by atoms with Crippen LogP contribution in [0.2, 0.25) is 0 Å². The van der Waals surface area contributed by atoms with Crippen molar-refractivity contribution in [2.24, 2.45) is 0 Å². The first kappa shape index (κ1) is 12.5. The predicted molar refractivity (Wildman–Crippen MR) is 62.0 cm³/mol. The fourth-order valence-corrected chi connectivity index (χ4v) is 1.78. The van der Waals surface area contributed by atoms with Crippen LogP contribution in [0.15, 0.2) is 18.3 Å². The molecule has 1 amide bonds. The Morgan fingerprint density at radius 3 is 3.06 bits per heavy atom. The molecular weight excluding hydrogens is 236 g/mol. The zero-order chi connectivity index (χ0) is 13.0. The molecule has 2 rings (SSSR count). The lowest BCUT2D eigenvalue weighted by molar-refractivity contribution is -0.130. The SMILES string of the molecule is O=C(O)c1ccnc(CNC(=O)C2CCCO2)c1. The third-order valence-electron chi connectivity index (χ3n) is 2.73. The van der Waals surface area contributed by atoms with Crippen molar-refractivity contribution < 1.29 is 19.4 Å². The molecule has 1 unspecified atom stereocenters. The molecule has 1 aliphatic heterocycles. The van der Waals surface area contributed by atoms with Crippen LogP contribution in [0.4, 0.5) is 0 Å². The summed E-state index contributed by atoms with van der Waals surface area (Å²) in [4.78, 5) is 26.4. The Balaban J connectivity index is 1.91. The molecule has 0 bridgehead atoms. The summed E-state index contributed by atoms with van der Waals surface area (Å²) in [6, 6.07) is 2.85. The quantitative estimate of drug-likeness (QED) is 0.815. The average Bonchev–Trinajstić information content (AvgIpc) is 2.90. The molecule has 1 fully saturated rings. The van der Waals surface area contributed by atoms with Gasteiger partial charge in [0.05, 0.1) is 17.8 Å². The lowest BCUT2D eigenvalue weighted by Crippen LogP contribution is -2.33. The van der Waals surface area contributed by atoms with Crippen LogP contribution in [0.3, 0.4) is 0 Å². The van der Waals surface area contributed by atoms with Crippen LogP contribution in [-0.2, 0) is 16.1 Å². The summed E-state index contributed by atoms with van der Waals surface area (Å²) < 4.78 is 5.24. The largest absolute Gasteiger partial charge is 0.478 e. The number of hydrogen-bond donors (Lipinski definition) is 2. The van der Waals surface area contributed by atoms with Crippen LogP contribution < -0.4 is 5.32 Å². The van der Waals surface area contributed by atoms with Gasteiger partial charge in [-0.05, 0) is 25.0 Å². The van der Waals surface area contributed by atoms with Gasteiger partial charge in [0.2, 0.25) is 5.91 Å². The number of pyridine rings is 1. The number of carbonyl (C=O) groups excluding carboxylic acids is 1. The van der Waals surface area contributed by atoms with Crippen molar-refractivity contribution in [3.8, 4) is 0 Å². The summed E-state index contributed by atoms with van der Waals surface area (Å²) in [7, 11) is 0. The number of ether oxygens (including phenoxy) is 1. The molecule has 18 heavy (non-hydrogen) atoms. The van der Waals surface area contributed by atoms with Gasteiger partial charge in [-0.1, -0.05) is 0 Å². The van der Waals surface area contributed by atoms with Gasteiger partial charge >= 0.3 is 5.97 Å².